The lowest BCUT2D eigenvalue weighted by Gasteiger charge is -2.17. The molecule has 146 valence electrons. The monoisotopic (exact) mass is 414 g/mol. The normalized spacial score (nSPS) is 16.4. The van der Waals surface area contributed by atoms with E-state index in [0.717, 1.165) is 36.3 Å². The zero-order valence-electron chi connectivity index (χ0n) is 14.7. The second-order valence-corrected chi connectivity index (χ2v) is 9.33. The number of halogens is 2. The average molecular weight is 414 g/mol. The third-order valence-corrected chi connectivity index (χ3v) is 7.45. The van der Waals surface area contributed by atoms with Crippen LogP contribution in [0, 0.1) is 11.6 Å². The van der Waals surface area contributed by atoms with Crippen molar-refractivity contribution in [2.24, 2.45) is 0 Å². The Kier molecular flexibility index (Phi) is 5.92. The van der Waals surface area contributed by atoms with Gasteiger partial charge in [-0.25, -0.2) is 17.2 Å². The Labute approximate surface area is 161 Å². The van der Waals surface area contributed by atoms with Gasteiger partial charge >= 0.3 is 0 Å². The lowest BCUT2D eigenvalue weighted by Crippen LogP contribution is -2.35. The molecule has 2 heterocycles. The van der Waals surface area contributed by atoms with Gasteiger partial charge in [-0.1, -0.05) is 6.07 Å². The minimum Gasteiger partial charge on any atom is -0.349 e. The van der Waals surface area contributed by atoms with E-state index in [9.17, 15) is 22.0 Å². The van der Waals surface area contributed by atoms with E-state index in [0.29, 0.717) is 13.1 Å². The second-order valence-electron chi connectivity index (χ2n) is 6.50. The molecule has 1 saturated heterocycles. The summed E-state index contributed by atoms with van der Waals surface area (Å²) in [5.41, 5.74) is -0.110. The number of thiophene rings is 1. The van der Waals surface area contributed by atoms with Crippen LogP contribution in [0.3, 0.4) is 0 Å². The molecule has 1 unspecified atom stereocenters. The minimum absolute atomic E-state index is 0.0174. The summed E-state index contributed by atoms with van der Waals surface area (Å²) >= 11 is 1.03. The molecule has 0 spiro atoms. The molecule has 0 bridgehead atoms. The van der Waals surface area contributed by atoms with Crippen LogP contribution in [0.15, 0.2) is 34.5 Å². The Morgan fingerprint density at radius 3 is 2.48 bits per heavy atom. The van der Waals surface area contributed by atoms with Crippen molar-refractivity contribution >= 4 is 27.3 Å². The predicted molar refractivity (Wildman–Crippen MR) is 99.3 cm³/mol. The molecule has 1 aliphatic heterocycles. The topological polar surface area (TPSA) is 66.5 Å². The van der Waals surface area contributed by atoms with Crippen LogP contribution in [-0.2, 0) is 16.4 Å². The van der Waals surface area contributed by atoms with Gasteiger partial charge in [0.25, 0.3) is 5.91 Å². The summed E-state index contributed by atoms with van der Waals surface area (Å²) < 4.78 is 54.4. The van der Waals surface area contributed by atoms with Crippen LogP contribution in [0.2, 0.25) is 0 Å². The van der Waals surface area contributed by atoms with Gasteiger partial charge in [-0.15, -0.1) is 11.3 Å². The van der Waals surface area contributed by atoms with E-state index in [1.165, 1.54) is 16.4 Å². The molecular weight excluding hydrogens is 394 g/mol. The van der Waals surface area contributed by atoms with Crippen molar-refractivity contribution < 1.29 is 22.0 Å². The maximum absolute atomic E-state index is 13.8. The molecule has 3 rings (SSSR count). The molecule has 1 amide bonds. The largest absolute Gasteiger partial charge is 0.349 e. The summed E-state index contributed by atoms with van der Waals surface area (Å²) in [5, 5.41) is 4.20. The Balaban J connectivity index is 1.75. The molecule has 5 nitrogen and oxygen atoms in total. The molecule has 27 heavy (non-hydrogen) atoms. The van der Waals surface area contributed by atoms with Crippen LogP contribution in [0.5, 0.6) is 0 Å². The molecule has 1 aromatic carbocycles. The van der Waals surface area contributed by atoms with Crippen molar-refractivity contribution in [3.05, 3.63) is 51.7 Å². The highest BCUT2D eigenvalue weighted by Crippen LogP contribution is 2.27. The van der Waals surface area contributed by atoms with Crippen LogP contribution in [0.1, 0.15) is 35.0 Å². The zero-order valence-corrected chi connectivity index (χ0v) is 16.4. The molecule has 0 aliphatic carbocycles. The van der Waals surface area contributed by atoms with E-state index < -0.39 is 33.6 Å². The van der Waals surface area contributed by atoms with E-state index in [1.54, 1.807) is 12.3 Å². The summed E-state index contributed by atoms with van der Waals surface area (Å²) in [6.45, 7) is 2.51. The Morgan fingerprint density at radius 1 is 1.22 bits per heavy atom. The molecule has 1 N–H and O–H groups in total. The first kappa shape index (κ1) is 19.9. The quantitative estimate of drug-likeness (QED) is 0.790. The van der Waals surface area contributed by atoms with Crippen LogP contribution >= 0.6 is 11.3 Å². The fourth-order valence-electron chi connectivity index (χ4n) is 3.11. The van der Waals surface area contributed by atoms with Gasteiger partial charge in [-0.3, -0.25) is 4.79 Å². The summed E-state index contributed by atoms with van der Waals surface area (Å²) in [6.07, 6.45) is 1.57. The van der Waals surface area contributed by atoms with Gasteiger partial charge in [-0.2, -0.15) is 4.31 Å². The fourth-order valence-corrected chi connectivity index (χ4v) is 5.93. The maximum atomic E-state index is 13.8. The fraction of sp³-hybridized carbons (Fsp3) is 0.389. The van der Waals surface area contributed by atoms with Crippen LogP contribution in [0.4, 0.5) is 8.78 Å². The van der Waals surface area contributed by atoms with Crippen molar-refractivity contribution in [1.29, 1.82) is 0 Å². The Bertz CT molecular complexity index is 918. The molecule has 9 heteroatoms. The van der Waals surface area contributed by atoms with E-state index in [-0.39, 0.29) is 21.8 Å². The number of rotatable bonds is 6. The van der Waals surface area contributed by atoms with Gasteiger partial charge in [0.2, 0.25) is 10.0 Å². The van der Waals surface area contributed by atoms with Gasteiger partial charge < -0.3 is 5.32 Å². The highest BCUT2D eigenvalue weighted by atomic mass is 32.2. The van der Waals surface area contributed by atoms with E-state index in [4.69, 9.17) is 0 Å². The highest BCUT2D eigenvalue weighted by molar-refractivity contribution is 7.89. The summed E-state index contributed by atoms with van der Waals surface area (Å²) in [5.74, 6) is -1.92. The number of nitrogens with zero attached hydrogens (tertiary/aromatic N) is 1. The first-order valence-electron chi connectivity index (χ1n) is 8.62. The molecule has 1 atom stereocenters. The summed E-state index contributed by atoms with van der Waals surface area (Å²) in [6, 6.07) is 4.45. The molecule has 1 fully saturated rings. The number of hydrogen-bond acceptors (Lipinski definition) is 4. The minimum atomic E-state index is -3.72. The van der Waals surface area contributed by atoms with Gasteiger partial charge in [0.1, 0.15) is 21.4 Å². The maximum Gasteiger partial charge on any atom is 0.262 e. The van der Waals surface area contributed by atoms with Crippen molar-refractivity contribution in [2.75, 3.05) is 13.1 Å². The van der Waals surface area contributed by atoms with Crippen molar-refractivity contribution in [3.63, 3.8) is 0 Å². The van der Waals surface area contributed by atoms with Crippen LogP contribution < -0.4 is 5.32 Å². The van der Waals surface area contributed by atoms with Crippen LogP contribution in [0.25, 0.3) is 0 Å². The molecule has 1 aliphatic rings. The summed E-state index contributed by atoms with van der Waals surface area (Å²) in [4.78, 5) is 12.7. The van der Waals surface area contributed by atoms with Crippen molar-refractivity contribution in [1.82, 2.24) is 9.62 Å². The molecule has 1 aromatic heterocycles. The van der Waals surface area contributed by atoms with E-state index >= 15 is 0 Å². The van der Waals surface area contributed by atoms with E-state index in [2.05, 4.69) is 5.32 Å². The highest BCUT2D eigenvalue weighted by Gasteiger charge is 2.32. The van der Waals surface area contributed by atoms with E-state index in [1.807, 2.05) is 0 Å². The first-order valence-corrected chi connectivity index (χ1v) is 10.9. The molecule has 0 saturated carbocycles. The number of hydrogen-bond donors (Lipinski definition) is 1. The molecular formula is C18H20F2N2O3S2. The SMILES string of the molecule is CC(Cc1c(F)cccc1F)NC(=O)c1sccc1S(=O)(=O)N1CCCC1. The third kappa shape index (κ3) is 4.20. The lowest BCUT2D eigenvalue weighted by atomic mass is 10.1. The van der Waals surface area contributed by atoms with Gasteiger partial charge in [0.15, 0.2) is 0 Å². The number of nitrogens with one attached hydrogen (secondary N) is 1. The second kappa shape index (κ2) is 8.04. The average Bonchev–Trinajstić information content (AvgIpc) is 3.29. The number of benzene rings is 1. The van der Waals surface area contributed by atoms with Crippen molar-refractivity contribution in [3.8, 4) is 0 Å². The van der Waals surface area contributed by atoms with Gasteiger partial charge in [0, 0.05) is 24.7 Å². The van der Waals surface area contributed by atoms with Crippen LogP contribution in [-0.4, -0.2) is 37.8 Å². The summed E-state index contributed by atoms with van der Waals surface area (Å²) in [7, 11) is -3.72. The molecule has 0 radical (unpaired) electrons. The standard InChI is InChI=1S/C18H20F2N2O3S2/c1-12(11-13-14(19)5-4-6-15(13)20)21-18(23)17-16(7-10-26-17)27(24,25)22-8-2-3-9-22/h4-7,10,12H,2-3,8-9,11H2,1H3,(H,21,23). The Hall–Kier alpha value is -1.84. The number of carbonyl (C=O) groups is 1. The number of carbonyl (C=O) groups excluding carboxylic acids is 1. The predicted octanol–water partition coefficient (Wildman–Crippen LogP) is 3.17. The first-order chi connectivity index (χ1) is 12.8. The zero-order chi connectivity index (χ0) is 19.6. The van der Waals surface area contributed by atoms with Gasteiger partial charge in [0.05, 0.1) is 0 Å². The Morgan fingerprint density at radius 2 is 1.85 bits per heavy atom. The lowest BCUT2D eigenvalue weighted by molar-refractivity contribution is 0.0940. The molecule has 2 aromatic rings. The number of sulfonamides is 1. The van der Waals surface area contributed by atoms with Gasteiger partial charge in [-0.05, 0) is 49.8 Å². The number of amides is 1. The van der Waals surface area contributed by atoms with Crippen molar-refractivity contribution in [2.45, 2.75) is 37.1 Å². The smallest absolute Gasteiger partial charge is 0.262 e. The third-order valence-electron chi connectivity index (χ3n) is 4.47.